The minimum atomic E-state index is -1.50. The fourth-order valence-electron chi connectivity index (χ4n) is 5.05. The first-order chi connectivity index (χ1) is 16.9. The van der Waals surface area contributed by atoms with E-state index in [2.05, 4.69) is 10.7 Å². The summed E-state index contributed by atoms with van der Waals surface area (Å²) in [5.74, 6) is -2.62. The van der Waals surface area contributed by atoms with Gasteiger partial charge in [-0.25, -0.2) is 4.79 Å². The summed E-state index contributed by atoms with van der Waals surface area (Å²) in [6, 6.07) is 16.8. The highest BCUT2D eigenvalue weighted by Crippen LogP contribution is 2.36. The number of hydrazine groups is 1. The highest BCUT2D eigenvalue weighted by atomic mass is 16.2. The molecule has 2 unspecified atom stereocenters. The van der Waals surface area contributed by atoms with E-state index < -0.39 is 23.4 Å². The first-order valence-corrected chi connectivity index (χ1v) is 11.5. The van der Waals surface area contributed by atoms with E-state index in [0.717, 1.165) is 4.90 Å². The third-order valence-electron chi connectivity index (χ3n) is 6.83. The van der Waals surface area contributed by atoms with Gasteiger partial charge in [0.2, 0.25) is 17.7 Å². The largest absolute Gasteiger partial charge is 0.344 e. The van der Waals surface area contributed by atoms with Crippen molar-refractivity contribution < 1.29 is 24.0 Å². The summed E-state index contributed by atoms with van der Waals surface area (Å²) in [4.78, 5) is 65.6. The molecule has 9 heteroatoms. The molecule has 6 amide bonds. The quantitative estimate of drug-likeness (QED) is 0.378. The number of carbonyl (C=O) groups is 5. The second kappa shape index (κ2) is 8.83. The van der Waals surface area contributed by atoms with Gasteiger partial charge in [0.05, 0.1) is 11.8 Å². The molecule has 2 fully saturated rings. The second-order valence-corrected chi connectivity index (χ2v) is 8.82. The third kappa shape index (κ3) is 3.69. The van der Waals surface area contributed by atoms with Crippen molar-refractivity contribution in [3.05, 3.63) is 83.9 Å². The van der Waals surface area contributed by atoms with Crippen molar-refractivity contribution in [2.75, 3.05) is 6.54 Å². The van der Waals surface area contributed by atoms with Crippen molar-refractivity contribution in [1.82, 2.24) is 20.7 Å². The molecule has 2 saturated heterocycles. The van der Waals surface area contributed by atoms with E-state index in [-0.39, 0.29) is 36.6 Å². The Kier molecular flexibility index (Phi) is 5.68. The van der Waals surface area contributed by atoms with Gasteiger partial charge < -0.3 is 5.32 Å². The normalized spacial score (nSPS) is 22.9. The summed E-state index contributed by atoms with van der Waals surface area (Å²) in [6.45, 7) is -0.108. The van der Waals surface area contributed by atoms with Crippen LogP contribution in [0, 0.1) is 11.8 Å². The predicted octanol–water partition coefficient (Wildman–Crippen LogP) is 1.85. The number of urea groups is 1. The number of benzene rings is 2. The van der Waals surface area contributed by atoms with Crippen molar-refractivity contribution in [2.24, 2.45) is 11.8 Å². The highest BCUT2D eigenvalue weighted by Gasteiger charge is 2.54. The van der Waals surface area contributed by atoms with E-state index in [4.69, 9.17) is 0 Å². The van der Waals surface area contributed by atoms with Crippen LogP contribution in [0.4, 0.5) is 4.79 Å². The molecule has 0 spiro atoms. The van der Waals surface area contributed by atoms with Crippen molar-refractivity contribution >= 4 is 29.7 Å². The van der Waals surface area contributed by atoms with Crippen LogP contribution in [0.15, 0.2) is 72.8 Å². The molecule has 2 N–H and O–H groups in total. The second-order valence-electron chi connectivity index (χ2n) is 8.82. The summed E-state index contributed by atoms with van der Waals surface area (Å²) < 4.78 is 0. The van der Waals surface area contributed by atoms with Crippen LogP contribution in [0.1, 0.15) is 30.4 Å². The topological polar surface area (TPSA) is 116 Å². The molecule has 5 rings (SSSR count). The molecule has 0 bridgehead atoms. The molecule has 3 aliphatic rings. The Bertz CT molecular complexity index is 1160. The number of imide groups is 2. The molecule has 0 aromatic heterocycles. The number of hydrogen-bond donors (Lipinski definition) is 2. The Balaban J connectivity index is 1.32. The van der Waals surface area contributed by atoms with E-state index in [1.807, 2.05) is 12.2 Å². The molecule has 2 heterocycles. The highest BCUT2D eigenvalue weighted by molar-refractivity contribution is 6.10. The molecule has 2 aromatic carbocycles. The maximum absolute atomic E-state index is 13.6. The van der Waals surface area contributed by atoms with Crippen molar-refractivity contribution in [1.29, 1.82) is 0 Å². The average molecular weight is 473 g/mol. The van der Waals surface area contributed by atoms with Gasteiger partial charge in [0, 0.05) is 13.0 Å². The van der Waals surface area contributed by atoms with E-state index >= 15 is 0 Å². The number of nitrogens with zero attached hydrogens (tertiary/aromatic N) is 2. The number of nitrogens with one attached hydrogen (secondary N) is 2. The number of hydrogen-bond acceptors (Lipinski definition) is 5. The van der Waals surface area contributed by atoms with E-state index in [0.29, 0.717) is 29.0 Å². The minimum Gasteiger partial charge on any atom is -0.314 e. The average Bonchev–Trinajstić information content (AvgIpc) is 3.29. The van der Waals surface area contributed by atoms with Crippen LogP contribution in [0.25, 0.3) is 0 Å². The summed E-state index contributed by atoms with van der Waals surface area (Å²) in [7, 11) is 0. The number of allylic oxidation sites excluding steroid dienone is 2. The zero-order chi connectivity index (χ0) is 24.6. The van der Waals surface area contributed by atoms with Gasteiger partial charge in [0.1, 0.15) is 0 Å². The zero-order valence-electron chi connectivity index (χ0n) is 18.8. The molecule has 9 nitrogen and oxygen atoms in total. The van der Waals surface area contributed by atoms with Crippen LogP contribution in [-0.4, -0.2) is 46.1 Å². The summed E-state index contributed by atoms with van der Waals surface area (Å²) in [5.41, 5.74) is 1.95. The van der Waals surface area contributed by atoms with E-state index in [9.17, 15) is 24.0 Å². The lowest BCUT2D eigenvalue weighted by Crippen LogP contribution is -2.49. The molecule has 1 aliphatic carbocycles. The Morgan fingerprint density at radius 3 is 1.89 bits per heavy atom. The number of amides is 6. The number of fused-ring (bicyclic) bond motifs is 1. The number of rotatable bonds is 6. The molecule has 35 heavy (non-hydrogen) atoms. The monoisotopic (exact) mass is 472 g/mol. The molecule has 178 valence electrons. The van der Waals surface area contributed by atoms with Gasteiger partial charge in [-0.2, -0.15) is 5.01 Å². The standard InChI is InChI=1S/C26H24N4O5/c31-21(15-16-29-22(32)19-13-7-8-14-20(19)23(29)33)28-30-24(34)26(27-25(30)35,17-9-3-1-4-10-17)18-11-5-2-6-12-18/h1-12,19-20H,13-16H2,(H,27,35)(H,28,31). The lowest BCUT2D eigenvalue weighted by Gasteiger charge is -2.27. The predicted molar refractivity (Wildman–Crippen MR) is 124 cm³/mol. The zero-order valence-corrected chi connectivity index (χ0v) is 18.8. The fourth-order valence-corrected chi connectivity index (χ4v) is 5.05. The first kappa shape index (κ1) is 22.5. The molecule has 0 radical (unpaired) electrons. The Morgan fingerprint density at radius 1 is 0.857 bits per heavy atom. The maximum atomic E-state index is 13.6. The first-order valence-electron chi connectivity index (χ1n) is 11.5. The molecule has 2 aromatic rings. The minimum absolute atomic E-state index is 0.108. The van der Waals surface area contributed by atoms with Crippen LogP contribution in [0.5, 0.6) is 0 Å². The fraction of sp³-hybridized carbons (Fsp3) is 0.269. The number of carbonyl (C=O) groups excluding carboxylic acids is 5. The maximum Gasteiger partial charge on any atom is 0.344 e. The molecule has 2 atom stereocenters. The van der Waals surface area contributed by atoms with Gasteiger partial charge in [0.25, 0.3) is 5.91 Å². The Hall–Kier alpha value is -4.27. The van der Waals surface area contributed by atoms with Crippen LogP contribution >= 0.6 is 0 Å². The smallest absolute Gasteiger partial charge is 0.314 e. The summed E-state index contributed by atoms with van der Waals surface area (Å²) in [6.07, 6.45) is 4.59. The summed E-state index contributed by atoms with van der Waals surface area (Å²) in [5, 5.41) is 3.41. The SMILES string of the molecule is O=C(CCN1C(=O)C2CC=CCC2C1=O)NN1C(=O)NC(c2ccccc2)(c2ccccc2)C1=O. The van der Waals surface area contributed by atoms with Gasteiger partial charge >= 0.3 is 6.03 Å². The lowest BCUT2D eigenvalue weighted by molar-refractivity contribution is -0.142. The van der Waals surface area contributed by atoms with E-state index in [1.165, 1.54) is 0 Å². The third-order valence-corrected chi connectivity index (χ3v) is 6.83. The number of likely N-dealkylation sites (tertiary alicyclic amines) is 1. The van der Waals surface area contributed by atoms with Gasteiger partial charge in [-0.15, -0.1) is 0 Å². The van der Waals surface area contributed by atoms with Crippen LogP contribution in [0.3, 0.4) is 0 Å². The molecular weight excluding hydrogens is 448 g/mol. The van der Waals surface area contributed by atoms with E-state index in [1.54, 1.807) is 60.7 Å². The van der Waals surface area contributed by atoms with Crippen molar-refractivity contribution in [3.63, 3.8) is 0 Å². The van der Waals surface area contributed by atoms with Gasteiger partial charge in [-0.3, -0.25) is 29.5 Å². The van der Waals surface area contributed by atoms with Crippen molar-refractivity contribution in [2.45, 2.75) is 24.8 Å². The van der Waals surface area contributed by atoms with Gasteiger partial charge in [0.15, 0.2) is 5.54 Å². The lowest BCUT2D eigenvalue weighted by atomic mass is 9.83. The Morgan fingerprint density at radius 2 is 1.37 bits per heavy atom. The molecule has 2 aliphatic heterocycles. The van der Waals surface area contributed by atoms with Crippen LogP contribution in [0.2, 0.25) is 0 Å². The Labute approximate surface area is 201 Å². The van der Waals surface area contributed by atoms with Gasteiger partial charge in [-0.1, -0.05) is 72.8 Å². The van der Waals surface area contributed by atoms with Gasteiger partial charge in [-0.05, 0) is 24.0 Å². The van der Waals surface area contributed by atoms with Crippen LogP contribution in [-0.2, 0) is 24.7 Å². The van der Waals surface area contributed by atoms with Crippen molar-refractivity contribution in [3.8, 4) is 0 Å². The van der Waals surface area contributed by atoms with Crippen LogP contribution < -0.4 is 10.7 Å². The summed E-state index contributed by atoms with van der Waals surface area (Å²) >= 11 is 0. The molecular formula is C26H24N4O5. The molecule has 0 saturated carbocycles.